The third kappa shape index (κ3) is 5.50. The van der Waals surface area contributed by atoms with Gasteiger partial charge in [0.05, 0.1) is 5.69 Å². The van der Waals surface area contributed by atoms with Gasteiger partial charge in [0.2, 0.25) is 0 Å². The number of aromatic nitrogens is 2. The fourth-order valence-electron chi connectivity index (χ4n) is 3.30. The molecule has 0 bridgehead atoms. The molecule has 3 aromatic rings. The number of hydrogen-bond donors (Lipinski definition) is 3. The predicted octanol–water partition coefficient (Wildman–Crippen LogP) is 4.04. The van der Waals surface area contributed by atoms with Crippen molar-refractivity contribution in [2.45, 2.75) is 40.5 Å². The third-order valence-corrected chi connectivity index (χ3v) is 4.77. The minimum Gasteiger partial charge on any atom is -0.361 e. The molecule has 0 amide bonds. The molecule has 0 spiro atoms. The summed E-state index contributed by atoms with van der Waals surface area (Å²) in [6.07, 6.45) is 3.88. The highest BCUT2D eigenvalue weighted by molar-refractivity contribution is 14.0. The molecule has 0 aliphatic heterocycles. The first-order valence-electron chi connectivity index (χ1n) is 9.59. The van der Waals surface area contributed by atoms with Crippen LogP contribution in [-0.2, 0) is 12.8 Å². The minimum atomic E-state index is 0. The first kappa shape index (κ1) is 22.3. The molecule has 0 radical (unpaired) electrons. The van der Waals surface area contributed by atoms with E-state index in [9.17, 15) is 0 Å². The number of fused-ring (bicyclic) bond motifs is 1. The smallest absolute Gasteiger partial charge is 0.191 e. The highest BCUT2D eigenvalue weighted by Gasteiger charge is 2.08. The lowest BCUT2D eigenvalue weighted by Gasteiger charge is -2.11. The van der Waals surface area contributed by atoms with E-state index >= 15 is 0 Å². The highest BCUT2D eigenvalue weighted by atomic mass is 127. The van der Waals surface area contributed by atoms with Gasteiger partial charge in [0.1, 0.15) is 5.76 Å². The molecule has 7 heteroatoms. The summed E-state index contributed by atoms with van der Waals surface area (Å²) in [6, 6.07) is 6.54. The molecule has 0 atom stereocenters. The predicted molar refractivity (Wildman–Crippen MR) is 126 cm³/mol. The largest absolute Gasteiger partial charge is 0.361 e. The van der Waals surface area contributed by atoms with Crippen molar-refractivity contribution in [2.24, 2.45) is 4.99 Å². The second kappa shape index (κ2) is 10.5. The van der Waals surface area contributed by atoms with E-state index in [0.717, 1.165) is 48.9 Å². The van der Waals surface area contributed by atoms with Crippen LogP contribution >= 0.6 is 24.0 Å². The van der Waals surface area contributed by atoms with E-state index in [-0.39, 0.29) is 24.0 Å². The average Bonchev–Trinajstić information content (AvgIpc) is 3.19. The van der Waals surface area contributed by atoms with Crippen LogP contribution in [0.3, 0.4) is 0 Å². The van der Waals surface area contributed by atoms with Crippen LogP contribution in [0, 0.1) is 20.8 Å². The number of hydrogen-bond acceptors (Lipinski definition) is 3. The van der Waals surface area contributed by atoms with Crippen molar-refractivity contribution in [2.75, 3.05) is 19.6 Å². The van der Waals surface area contributed by atoms with Gasteiger partial charge in [0.25, 0.3) is 0 Å². The Balaban J connectivity index is 0.00000280. The molecule has 3 rings (SSSR count). The lowest BCUT2D eigenvalue weighted by atomic mass is 10.1. The number of guanidine groups is 1. The van der Waals surface area contributed by atoms with E-state index in [1.165, 1.54) is 22.0 Å². The summed E-state index contributed by atoms with van der Waals surface area (Å²) >= 11 is 0. The molecule has 2 aromatic heterocycles. The average molecular weight is 495 g/mol. The number of nitrogens with zero attached hydrogens (tertiary/aromatic N) is 2. The molecule has 0 saturated heterocycles. The van der Waals surface area contributed by atoms with Crippen LogP contribution in [0.25, 0.3) is 10.9 Å². The Labute approximate surface area is 183 Å². The number of aliphatic imine (C=N–C) groups is 1. The molecule has 0 aliphatic rings. The Morgan fingerprint density at radius 3 is 2.71 bits per heavy atom. The SMILES string of the molecule is CCNC(=NCCc1c(C)noc1C)NCCc1c[nH]c2cc(C)ccc12.I. The maximum absolute atomic E-state index is 5.22. The Kier molecular flexibility index (Phi) is 8.35. The summed E-state index contributed by atoms with van der Waals surface area (Å²) in [5.41, 5.74) is 5.90. The molecule has 0 unspecified atom stereocenters. The second-order valence-electron chi connectivity index (χ2n) is 6.85. The van der Waals surface area contributed by atoms with Gasteiger partial charge in [-0.05, 0) is 57.7 Å². The van der Waals surface area contributed by atoms with Crippen molar-refractivity contribution in [1.29, 1.82) is 0 Å². The van der Waals surface area contributed by atoms with Crippen LogP contribution in [-0.4, -0.2) is 35.7 Å². The molecule has 0 aliphatic carbocycles. The fourth-order valence-corrected chi connectivity index (χ4v) is 3.30. The normalized spacial score (nSPS) is 11.5. The fraction of sp³-hybridized carbons (Fsp3) is 0.429. The minimum absolute atomic E-state index is 0. The van der Waals surface area contributed by atoms with Crippen molar-refractivity contribution in [3.05, 3.63) is 52.5 Å². The summed E-state index contributed by atoms with van der Waals surface area (Å²) < 4.78 is 5.22. The molecule has 6 nitrogen and oxygen atoms in total. The monoisotopic (exact) mass is 495 g/mol. The van der Waals surface area contributed by atoms with Crippen molar-refractivity contribution >= 4 is 40.8 Å². The number of aryl methyl sites for hydroxylation is 3. The van der Waals surface area contributed by atoms with Gasteiger partial charge in [-0.25, -0.2) is 0 Å². The number of aromatic amines is 1. The second-order valence-corrected chi connectivity index (χ2v) is 6.85. The van der Waals surface area contributed by atoms with Gasteiger partial charge in [0.15, 0.2) is 5.96 Å². The molecular weight excluding hydrogens is 465 g/mol. The zero-order valence-electron chi connectivity index (χ0n) is 17.1. The van der Waals surface area contributed by atoms with E-state index in [4.69, 9.17) is 4.52 Å². The standard InChI is InChI=1S/C21H29N5O.HI/c1-5-22-21(24-11-9-18-15(3)26-27-16(18)4)23-10-8-17-13-25-20-12-14(2)6-7-19(17)20;/h6-7,12-13,25H,5,8-11H2,1-4H3,(H2,22,23,24);1H. The van der Waals surface area contributed by atoms with Gasteiger partial charge < -0.3 is 20.1 Å². The summed E-state index contributed by atoms with van der Waals surface area (Å²) in [5.74, 6) is 1.73. The highest BCUT2D eigenvalue weighted by Crippen LogP contribution is 2.19. The molecular formula is C21H30IN5O. The number of H-pyrrole nitrogens is 1. The maximum atomic E-state index is 5.22. The lowest BCUT2D eigenvalue weighted by molar-refractivity contribution is 0.392. The lowest BCUT2D eigenvalue weighted by Crippen LogP contribution is -2.38. The first-order valence-corrected chi connectivity index (χ1v) is 9.59. The van der Waals surface area contributed by atoms with Crippen molar-refractivity contribution in [3.8, 4) is 0 Å². The molecule has 0 fully saturated rings. The third-order valence-electron chi connectivity index (χ3n) is 4.77. The summed E-state index contributed by atoms with van der Waals surface area (Å²) in [7, 11) is 0. The van der Waals surface area contributed by atoms with Crippen molar-refractivity contribution in [1.82, 2.24) is 20.8 Å². The van der Waals surface area contributed by atoms with E-state index in [1.807, 2.05) is 13.8 Å². The molecule has 0 saturated carbocycles. The van der Waals surface area contributed by atoms with Crippen LogP contribution in [0.4, 0.5) is 0 Å². The van der Waals surface area contributed by atoms with Crippen LogP contribution < -0.4 is 10.6 Å². The van der Waals surface area contributed by atoms with Crippen LogP contribution in [0.1, 0.15) is 35.1 Å². The number of halogens is 1. The molecule has 28 heavy (non-hydrogen) atoms. The van der Waals surface area contributed by atoms with E-state index in [2.05, 4.69) is 64.0 Å². The molecule has 1 aromatic carbocycles. The topological polar surface area (TPSA) is 78.2 Å². The van der Waals surface area contributed by atoms with Crippen molar-refractivity contribution < 1.29 is 4.52 Å². The van der Waals surface area contributed by atoms with E-state index in [0.29, 0.717) is 6.54 Å². The molecule has 152 valence electrons. The van der Waals surface area contributed by atoms with Gasteiger partial charge in [-0.3, -0.25) is 4.99 Å². The molecule has 2 heterocycles. The Morgan fingerprint density at radius 2 is 2.00 bits per heavy atom. The Bertz CT molecular complexity index is 909. The van der Waals surface area contributed by atoms with Gasteiger partial charge in [-0.1, -0.05) is 17.3 Å². The Hall–Kier alpha value is -2.03. The van der Waals surface area contributed by atoms with Crippen molar-refractivity contribution in [3.63, 3.8) is 0 Å². The van der Waals surface area contributed by atoms with Crippen LogP contribution in [0.15, 0.2) is 33.9 Å². The first-order chi connectivity index (χ1) is 13.1. The number of benzene rings is 1. The van der Waals surface area contributed by atoms with Gasteiger partial charge in [-0.2, -0.15) is 0 Å². The van der Waals surface area contributed by atoms with E-state index in [1.54, 1.807) is 0 Å². The van der Waals surface area contributed by atoms with Crippen LogP contribution in [0.5, 0.6) is 0 Å². The zero-order chi connectivity index (χ0) is 19.2. The van der Waals surface area contributed by atoms with E-state index < -0.39 is 0 Å². The summed E-state index contributed by atoms with van der Waals surface area (Å²) in [6.45, 7) is 10.5. The Morgan fingerprint density at radius 1 is 1.18 bits per heavy atom. The number of nitrogens with one attached hydrogen (secondary N) is 3. The molecule has 3 N–H and O–H groups in total. The van der Waals surface area contributed by atoms with Gasteiger partial charge in [0, 0.05) is 42.3 Å². The number of rotatable bonds is 7. The quantitative estimate of drug-likeness (QED) is 0.263. The van der Waals surface area contributed by atoms with Gasteiger partial charge >= 0.3 is 0 Å². The summed E-state index contributed by atoms with van der Waals surface area (Å²) in [5, 5.41) is 12.0. The maximum Gasteiger partial charge on any atom is 0.191 e. The summed E-state index contributed by atoms with van der Waals surface area (Å²) in [4.78, 5) is 8.04. The van der Waals surface area contributed by atoms with Gasteiger partial charge in [-0.15, -0.1) is 24.0 Å². The van der Waals surface area contributed by atoms with Crippen LogP contribution in [0.2, 0.25) is 0 Å². The zero-order valence-corrected chi connectivity index (χ0v) is 19.4.